The number of carbonyl (C=O) groups is 1. The summed E-state index contributed by atoms with van der Waals surface area (Å²) >= 11 is 1.31. The number of non-ortho nitro benzene ring substituents is 2. The average molecular weight is 382 g/mol. The smallest absolute Gasteiger partial charge is 0.277 e. The number of fused-ring (bicyclic) bond motifs is 3. The number of carbonyl (C=O) groups excluding carboxylic acids is 1. The van der Waals surface area contributed by atoms with Crippen molar-refractivity contribution in [3.63, 3.8) is 0 Å². The van der Waals surface area contributed by atoms with Crippen LogP contribution in [0.15, 0.2) is 42.5 Å². The minimum atomic E-state index is -0.779. The van der Waals surface area contributed by atoms with Gasteiger partial charge in [-0.1, -0.05) is 24.3 Å². The molecule has 1 aliphatic carbocycles. The SMILES string of the molecule is O=C(Nc1nc2c(s1)Cc1ccccc1-2)c1cc([N+](=O)[O-])cc([N+](=O)[O-])c1. The summed E-state index contributed by atoms with van der Waals surface area (Å²) in [6, 6.07) is 10.6. The molecule has 0 atom stereocenters. The maximum atomic E-state index is 12.4. The second-order valence-electron chi connectivity index (χ2n) is 5.83. The normalized spacial score (nSPS) is 11.6. The largest absolute Gasteiger partial charge is 0.298 e. The zero-order chi connectivity index (χ0) is 19.1. The van der Waals surface area contributed by atoms with E-state index in [1.807, 2.05) is 24.3 Å². The standard InChI is InChI=1S/C17H10N4O5S/c22-16(10-5-11(20(23)24)8-12(6-10)21(25)26)19-17-18-15-13-4-2-1-3-9(13)7-14(15)27-17/h1-6,8H,7H2,(H,18,19,22). The molecule has 0 unspecified atom stereocenters. The first-order chi connectivity index (χ1) is 12.9. The lowest BCUT2D eigenvalue weighted by molar-refractivity contribution is -0.394. The maximum Gasteiger partial charge on any atom is 0.277 e. The van der Waals surface area contributed by atoms with Crippen LogP contribution in [0.3, 0.4) is 0 Å². The minimum Gasteiger partial charge on any atom is -0.298 e. The maximum absolute atomic E-state index is 12.4. The molecule has 27 heavy (non-hydrogen) atoms. The molecule has 0 spiro atoms. The van der Waals surface area contributed by atoms with Crippen molar-refractivity contribution in [3.05, 3.63) is 78.7 Å². The molecule has 0 aliphatic heterocycles. The topological polar surface area (TPSA) is 128 Å². The van der Waals surface area contributed by atoms with Gasteiger partial charge in [0, 0.05) is 29.0 Å². The summed E-state index contributed by atoms with van der Waals surface area (Å²) < 4.78 is 0. The van der Waals surface area contributed by atoms with E-state index in [0.717, 1.165) is 40.8 Å². The third kappa shape index (κ3) is 3.02. The lowest BCUT2D eigenvalue weighted by Crippen LogP contribution is -2.12. The molecular formula is C17H10N4O5S. The van der Waals surface area contributed by atoms with E-state index in [1.165, 1.54) is 16.9 Å². The number of amides is 1. The number of hydrogen-bond acceptors (Lipinski definition) is 7. The van der Waals surface area contributed by atoms with Crippen LogP contribution in [0.25, 0.3) is 11.3 Å². The van der Waals surface area contributed by atoms with Gasteiger partial charge in [0.05, 0.1) is 27.2 Å². The number of rotatable bonds is 4. The first-order valence-corrected chi connectivity index (χ1v) is 8.57. The average Bonchev–Trinajstić information content (AvgIpc) is 3.18. The van der Waals surface area contributed by atoms with Gasteiger partial charge in [0.1, 0.15) is 0 Å². The molecule has 10 heteroatoms. The van der Waals surface area contributed by atoms with Crippen molar-refractivity contribution in [1.82, 2.24) is 4.98 Å². The van der Waals surface area contributed by atoms with Gasteiger partial charge >= 0.3 is 0 Å². The number of nitro groups is 2. The van der Waals surface area contributed by atoms with Crippen LogP contribution >= 0.6 is 11.3 Å². The lowest BCUT2D eigenvalue weighted by atomic mass is 10.1. The number of nitrogens with zero attached hydrogens (tertiary/aromatic N) is 3. The van der Waals surface area contributed by atoms with Crippen molar-refractivity contribution in [2.45, 2.75) is 6.42 Å². The summed E-state index contributed by atoms with van der Waals surface area (Å²) in [5, 5.41) is 24.8. The van der Waals surface area contributed by atoms with Crippen LogP contribution in [0.4, 0.5) is 16.5 Å². The Labute approximate surface area is 155 Å². The van der Waals surface area contributed by atoms with Gasteiger partial charge in [0.15, 0.2) is 5.13 Å². The highest BCUT2D eigenvalue weighted by atomic mass is 32.1. The summed E-state index contributed by atoms with van der Waals surface area (Å²) in [6.07, 6.45) is 0.724. The summed E-state index contributed by atoms with van der Waals surface area (Å²) in [5.74, 6) is -0.692. The molecule has 0 bridgehead atoms. The second-order valence-corrected chi connectivity index (χ2v) is 6.91. The van der Waals surface area contributed by atoms with E-state index in [-0.39, 0.29) is 5.56 Å². The van der Waals surface area contributed by atoms with Crippen molar-refractivity contribution in [1.29, 1.82) is 0 Å². The highest BCUT2D eigenvalue weighted by molar-refractivity contribution is 7.16. The molecule has 4 rings (SSSR count). The number of benzene rings is 2. The van der Waals surface area contributed by atoms with Crippen molar-refractivity contribution < 1.29 is 14.6 Å². The van der Waals surface area contributed by atoms with Gasteiger partial charge in [-0.3, -0.25) is 30.3 Å². The van der Waals surface area contributed by atoms with Gasteiger partial charge in [0.25, 0.3) is 17.3 Å². The molecule has 2 aromatic carbocycles. The Hall–Kier alpha value is -3.66. The van der Waals surface area contributed by atoms with E-state index >= 15 is 0 Å². The lowest BCUT2D eigenvalue weighted by Gasteiger charge is -2.03. The van der Waals surface area contributed by atoms with Crippen LogP contribution < -0.4 is 5.32 Å². The highest BCUT2D eigenvalue weighted by Gasteiger charge is 2.25. The summed E-state index contributed by atoms with van der Waals surface area (Å²) in [6.45, 7) is 0. The molecule has 0 radical (unpaired) electrons. The molecule has 0 saturated carbocycles. The second kappa shape index (κ2) is 6.25. The third-order valence-corrected chi connectivity index (χ3v) is 5.10. The Morgan fingerprint density at radius 2 is 1.74 bits per heavy atom. The van der Waals surface area contributed by atoms with E-state index in [4.69, 9.17) is 0 Å². The molecule has 0 saturated heterocycles. The molecule has 134 valence electrons. The van der Waals surface area contributed by atoms with Crippen molar-refractivity contribution in [3.8, 4) is 11.3 Å². The highest BCUT2D eigenvalue weighted by Crippen LogP contribution is 2.40. The Morgan fingerprint density at radius 1 is 1.07 bits per heavy atom. The van der Waals surface area contributed by atoms with Crippen LogP contribution in [0.2, 0.25) is 0 Å². The van der Waals surface area contributed by atoms with Gasteiger partial charge in [-0.2, -0.15) is 0 Å². The zero-order valence-electron chi connectivity index (χ0n) is 13.5. The fourth-order valence-electron chi connectivity index (χ4n) is 2.92. The Bertz CT molecular complexity index is 1090. The molecule has 1 heterocycles. The van der Waals surface area contributed by atoms with Crippen LogP contribution in [0, 0.1) is 20.2 Å². The first kappa shape index (κ1) is 16.8. The van der Waals surface area contributed by atoms with Gasteiger partial charge in [-0.15, -0.1) is 11.3 Å². The van der Waals surface area contributed by atoms with Crippen molar-refractivity contribution >= 4 is 33.8 Å². The van der Waals surface area contributed by atoms with Gasteiger partial charge < -0.3 is 0 Å². The minimum absolute atomic E-state index is 0.174. The van der Waals surface area contributed by atoms with Crippen molar-refractivity contribution in [2.24, 2.45) is 0 Å². The molecule has 1 aliphatic rings. The zero-order valence-corrected chi connectivity index (χ0v) is 14.4. The Morgan fingerprint density at radius 3 is 2.41 bits per heavy atom. The third-order valence-electron chi connectivity index (χ3n) is 4.13. The molecule has 9 nitrogen and oxygen atoms in total. The van der Waals surface area contributed by atoms with E-state index in [9.17, 15) is 25.0 Å². The van der Waals surface area contributed by atoms with E-state index in [2.05, 4.69) is 10.3 Å². The summed E-state index contributed by atoms with van der Waals surface area (Å²) in [4.78, 5) is 38.3. The van der Waals surface area contributed by atoms with Gasteiger partial charge in [-0.05, 0) is 5.56 Å². The predicted molar refractivity (Wildman–Crippen MR) is 98.1 cm³/mol. The molecule has 1 aromatic heterocycles. The fourth-order valence-corrected chi connectivity index (χ4v) is 3.91. The summed E-state index contributed by atoms with van der Waals surface area (Å²) in [5.41, 5.74) is 1.76. The fraction of sp³-hybridized carbons (Fsp3) is 0.0588. The number of anilines is 1. The molecule has 0 fully saturated rings. The summed E-state index contributed by atoms with van der Waals surface area (Å²) in [7, 11) is 0. The van der Waals surface area contributed by atoms with Crippen LogP contribution in [-0.4, -0.2) is 20.7 Å². The predicted octanol–water partition coefficient (Wildman–Crippen LogP) is 3.78. The number of hydrogen-bond donors (Lipinski definition) is 1. The molecule has 3 aromatic rings. The van der Waals surface area contributed by atoms with Crippen molar-refractivity contribution in [2.75, 3.05) is 5.32 Å². The van der Waals surface area contributed by atoms with E-state index in [0.29, 0.717) is 5.13 Å². The molecule has 1 amide bonds. The number of aromatic nitrogens is 1. The van der Waals surface area contributed by atoms with Crippen LogP contribution in [0.1, 0.15) is 20.8 Å². The molecule has 1 N–H and O–H groups in total. The number of nitro benzene ring substituents is 2. The quantitative estimate of drug-likeness (QED) is 0.422. The molecular weight excluding hydrogens is 372 g/mol. The van der Waals surface area contributed by atoms with Gasteiger partial charge in [0.2, 0.25) is 0 Å². The van der Waals surface area contributed by atoms with E-state index < -0.39 is 27.1 Å². The Balaban J connectivity index is 1.63. The van der Waals surface area contributed by atoms with Gasteiger partial charge in [-0.25, -0.2) is 4.98 Å². The first-order valence-electron chi connectivity index (χ1n) is 7.75. The Kier molecular flexibility index (Phi) is 3.89. The number of nitrogens with one attached hydrogen (secondary N) is 1. The number of thiazole rings is 1. The van der Waals surface area contributed by atoms with E-state index in [1.54, 1.807) is 0 Å². The van der Waals surface area contributed by atoms with Crippen LogP contribution in [-0.2, 0) is 6.42 Å². The monoisotopic (exact) mass is 382 g/mol. The van der Waals surface area contributed by atoms with Crippen LogP contribution in [0.5, 0.6) is 0 Å².